The topological polar surface area (TPSA) is 84.5 Å². The van der Waals surface area contributed by atoms with Crippen LogP contribution in [0.1, 0.15) is 34.8 Å². The van der Waals surface area contributed by atoms with Crippen molar-refractivity contribution in [3.05, 3.63) is 69.7 Å². The molecule has 0 heterocycles. The first-order valence-corrected chi connectivity index (χ1v) is 9.44. The molecule has 0 saturated carbocycles. The van der Waals surface area contributed by atoms with Gasteiger partial charge in [0.15, 0.2) is 0 Å². The molecular formula is C20H19BrF2N2O4. The van der Waals surface area contributed by atoms with Crippen LogP contribution >= 0.6 is 15.9 Å². The average molecular weight is 469 g/mol. The van der Waals surface area contributed by atoms with E-state index in [1.54, 1.807) is 24.3 Å². The number of amides is 2. The van der Waals surface area contributed by atoms with Gasteiger partial charge in [0.2, 0.25) is 5.91 Å². The Balaban J connectivity index is 1.92. The smallest absolute Gasteiger partial charge is 0.307 e. The second kappa shape index (κ2) is 10.7. The summed E-state index contributed by atoms with van der Waals surface area (Å²) in [4.78, 5) is 35.9. The Hall–Kier alpha value is -2.81. The summed E-state index contributed by atoms with van der Waals surface area (Å²) in [5.41, 5.74) is 0.398. The number of methoxy groups -OCH3 is 1. The predicted molar refractivity (Wildman–Crippen MR) is 105 cm³/mol. The number of hydrogen-bond donors (Lipinski definition) is 2. The van der Waals surface area contributed by atoms with Crippen molar-refractivity contribution in [2.24, 2.45) is 0 Å². The second-order valence-electron chi connectivity index (χ2n) is 6.08. The zero-order valence-electron chi connectivity index (χ0n) is 15.5. The first kappa shape index (κ1) is 22.5. The van der Waals surface area contributed by atoms with E-state index in [-0.39, 0.29) is 24.9 Å². The third-order valence-electron chi connectivity index (χ3n) is 4.02. The van der Waals surface area contributed by atoms with Gasteiger partial charge in [-0.25, -0.2) is 8.78 Å². The van der Waals surface area contributed by atoms with Crippen molar-refractivity contribution >= 4 is 33.7 Å². The number of benzene rings is 2. The fraction of sp³-hybridized carbons (Fsp3) is 0.250. The molecule has 2 aromatic rings. The summed E-state index contributed by atoms with van der Waals surface area (Å²) in [6, 6.07) is 9.09. The van der Waals surface area contributed by atoms with Gasteiger partial charge in [0.1, 0.15) is 11.6 Å². The number of esters is 1. The minimum absolute atomic E-state index is 0.0585. The number of carbonyl (C=O) groups is 3. The van der Waals surface area contributed by atoms with Gasteiger partial charge in [-0.3, -0.25) is 14.4 Å². The molecular weight excluding hydrogens is 450 g/mol. The van der Waals surface area contributed by atoms with Gasteiger partial charge in [-0.05, 0) is 29.8 Å². The standard InChI is InChI=1S/C20H19BrF2N2O4/c1-29-19(27)11-17(12-2-4-13(21)5-3-12)25-18(26)8-9-24-20(28)15-7-6-14(22)10-16(15)23/h2-7,10,17H,8-9,11H2,1H3,(H,24,28)(H,25,26). The van der Waals surface area contributed by atoms with Gasteiger partial charge in [-0.1, -0.05) is 28.1 Å². The molecule has 1 atom stereocenters. The average Bonchev–Trinajstić information content (AvgIpc) is 2.67. The minimum Gasteiger partial charge on any atom is -0.469 e. The molecule has 0 saturated heterocycles. The van der Waals surface area contributed by atoms with E-state index in [4.69, 9.17) is 0 Å². The molecule has 2 N–H and O–H groups in total. The van der Waals surface area contributed by atoms with Crippen LogP contribution in [0.3, 0.4) is 0 Å². The van der Waals surface area contributed by atoms with Gasteiger partial charge in [0, 0.05) is 23.5 Å². The molecule has 1 unspecified atom stereocenters. The van der Waals surface area contributed by atoms with Crippen LogP contribution in [0.2, 0.25) is 0 Å². The van der Waals surface area contributed by atoms with Gasteiger partial charge in [0.05, 0.1) is 25.1 Å². The monoisotopic (exact) mass is 468 g/mol. The van der Waals surface area contributed by atoms with E-state index >= 15 is 0 Å². The van der Waals surface area contributed by atoms with E-state index in [0.717, 1.165) is 16.6 Å². The summed E-state index contributed by atoms with van der Waals surface area (Å²) in [7, 11) is 1.26. The van der Waals surface area contributed by atoms with Gasteiger partial charge in [-0.15, -0.1) is 0 Å². The lowest BCUT2D eigenvalue weighted by Gasteiger charge is -2.18. The van der Waals surface area contributed by atoms with Crippen molar-refractivity contribution in [2.75, 3.05) is 13.7 Å². The summed E-state index contributed by atoms with van der Waals surface area (Å²) in [5.74, 6) is -3.43. The first-order valence-electron chi connectivity index (χ1n) is 8.65. The zero-order valence-corrected chi connectivity index (χ0v) is 17.1. The largest absolute Gasteiger partial charge is 0.469 e. The fourth-order valence-corrected chi connectivity index (χ4v) is 2.79. The first-order chi connectivity index (χ1) is 13.8. The minimum atomic E-state index is -0.986. The van der Waals surface area contributed by atoms with E-state index in [1.165, 1.54) is 7.11 Å². The van der Waals surface area contributed by atoms with Crippen LogP contribution in [-0.4, -0.2) is 31.4 Å². The van der Waals surface area contributed by atoms with Gasteiger partial charge in [0.25, 0.3) is 5.91 Å². The van der Waals surface area contributed by atoms with Gasteiger partial charge < -0.3 is 15.4 Å². The van der Waals surface area contributed by atoms with Crippen LogP contribution in [0.5, 0.6) is 0 Å². The molecule has 154 valence electrons. The lowest BCUT2D eigenvalue weighted by Crippen LogP contribution is -2.34. The summed E-state index contributed by atoms with van der Waals surface area (Å²) in [6.45, 7) is -0.0627. The molecule has 0 aliphatic rings. The molecule has 0 fully saturated rings. The molecule has 0 aliphatic carbocycles. The van der Waals surface area contributed by atoms with E-state index in [2.05, 4.69) is 31.3 Å². The quantitative estimate of drug-likeness (QED) is 0.582. The van der Waals surface area contributed by atoms with Gasteiger partial charge in [-0.2, -0.15) is 0 Å². The zero-order chi connectivity index (χ0) is 21.4. The molecule has 2 amide bonds. The van der Waals surface area contributed by atoms with E-state index in [0.29, 0.717) is 11.6 Å². The molecule has 2 rings (SSSR count). The third-order valence-corrected chi connectivity index (χ3v) is 4.55. The maximum absolute atomic E-state index is 13.6. The highest BCUT2D eigenvalue weighted by atomic mass is 79.9. The number of ether oxygens (including phenoxy) is 1. The van der Waals surface area contributed by atoms with Crippen LogP contribution in [0.25, 0.3) is 0 Å². The molecule has 29 heavy (non-hydrogen) atoms. The number of carbonyl (C=O) groups excluding carboxylic acids is 3. The highest BCUT2D eigenvalue weighted by Gasteiger charge is 2.19. The number of nitrogens with one attached hydrogen (secondary N) is 2. The van der Waals surface area contributed by atoms with E-state index in [1.807, 2.05) is 0 Å². The Kier molecular flexibility index (Phi) is 8.26. The molecule has 0 spiro atoms. The van der Waals surface area contributed by atoms with Crippen molar-refractivity contribution < 1.29 is 27.9 Å². The number of halogens is 3. The Morgan fingerprint density at radius 1 is 1.10 bits per heavy atom. The predicted octanol–water partition coefficient (Wildman–Crippen LogP) is 3.27. The molecule has 6 nitrogen and oxygen atoms in total. The van der Waals surface area contributed by atoms with Gasteiger partial charge >= 0.3 is 5.97 Å². The summed E-state index contributed by atoms with van der Waals surface area (Å²) in [6.07, 6.45) is -0.153. The molecule has 9 heteroatoms. The molecule has 2 aromatic carbocycles. The van der Waals surface area contributed by atoms with Crippen molar-refractivity contribution in [3.63, 3.8) is 0 Å². The maximum atomic E-state index is 13.6. The SMILES string of the molecule is COC(=O)CC(NC(=O)CCNC(=O)c1ccc(F)cc1F)c1ccc(Br)cc1. The van der Waals surface area contributed by atoms with Crippen molar-refractivity contribution in [2.45, 2.75) is 18.9 Å². The van der Waals surface area contributed by atoms with E-state index < -0.39 is 35.5 Å². The highest BCUT2D eigenvalue weighted by Crippen LogP contribution is 2.20. The van der Waals surface area contributed by atoms with Crippen molar-refractivity contribution in [1.82, 2.24) is 10.6 Å². The summed E-state index contributed by atoms with van der Waals surface area (Å²) < 4.78 is 32.0. The van der Waals surface area contributed by atoms with Crippen molar-refractivity contribution in [3.8, 4) is 0 Å². The van der Waals surface area contributed by atoms with Crippen LogP contribution in [0.4, 0.5) is 8.78 Å². The highest BCUT2D eigenvalue weighted by molar-refractivity contribution is 9.10. The van der Waals surface area contributed by atoms with Crippen LogP contribution < -0.4 is 10.6 Å². The Bertz CT molecular complexity index is 891. The molecule has 0 bridgehead atoms. The number of rotatable bonds is 8. The van der Waals surface area contributed by atoms with Crippen molar-refractivity contribution in [1.29, 1.82) is 0 Å². The normalized spacial score (nSPS) is 11.4. The van der Waals surface area contributed by atoms with Crippen LogP contribution in [-0.2, 0) is 14.3 Å². The summed E-state index contributed by atoms with van der Waals surface area (Å²) >= 11 is 3.32. The van der Waals surface area contributed by atoms with Crippen LogP contribution in [0.15, 0.2) is 46.9 Å². The lowest BCUT2D eigenvalue weighted by molar-refractivity contribution is -0.141. The number of hydrogen-bond acceptors (Lipinski definition) is 4. The maximum Gasteiger partial charge on any atom is 0.307 e. The third kappa shape index (κ3) is 6.94. The molecule has 0 aromatic heterocycles. The lowest BCUT2D eigenvalue weighted by atomic mass is 10.0. The Morgan fingerprint density at radius 2 is 1.79 bits per heavy atom. The van der Waals surface area contributed by atoms with Crippen LogP contribution in [0, 0.1) is 11.6 Å². The Labute approximate surface area is 174 Å². The fourth-order valence-electron chi connectivity index (χ4n) is 2.52. The molecule has 0 radical (unpaired) electrons. The second-order valence-corrected chi connectivity index (χ2v) is 7.00. The molecule has 0 aliphatic heterocycles. The Morgan fingerprint density at radius 3 is 2.41 bits per heavy atom. The van der Waals surface area contributed by atoms with E-state index in [9.17, 15) is 23.2 Å². The summed E-state index contributed by atoms with van der Waals surface area (Å²) in [5, 5.41) is 5.12.